The second kappa shape index (κ2) is 11.6. The lowest BCUT2D eigenvalue weighted by Gasteiger charge is -2.27. The topological polar surface area (TPSA) is 75.7 Å². The SMILES string of the molecule is COc1ccc(S(=O)(=O)NCCSCc2ccc(Cl)c(Cl)c2)cc1C(=O)N1CCCCC1. The highest BCUT2D eigenvalue weighted by atomic mass is 35.5. The van der Waals surface area contributed by atoms with Crippen LogP contribution in [0.15, 0.2) is 41.3 Å². The Morgan fingerprint density at radius 1 is 1.09 bits per heavy atom. The highest BCUT2D eigenvalue weighted by Gasteiger charge is 2.24. The molecule has 2 aromatic rings. The molecular weight excluding hydrogens is 491 g/mol. The van der Waals surface area contributed by atoms with Crippen LogP contribution in [0.3, 0.4) is 0 Å². The molecule has 1 saturated heterocycles. The Hall–Kier alpha value is -1.45. The van der Waals surface area contributed by atoms with Gasteiger partial charge in [0.25, 0.3) is 5.91 Å². The van der Waals surface area contributed by atoms with Crippen LogP contribution in [-0.4, -0.2) is 51.7 Å². The van der Waals surface area contributed by atoms with Gasteiger partial charge in [-0.05, 0) is 55.2 Å². The minimum Gasteiger partial charge on any atom is -0.496 e. The molecule has 1 heterocycles. The van der Waals surface area contributed by atoms with Gasteiger partial charge < -0.3 is 9.64 Å². The zero-order chi connectivity index (χ0) is 23.1. The van der Waals surface area contributed by atoms with Crippen molar-refractivity contribution in [1.82, 2.24) is 9.62 Å². The lowest BCUT2D eigenvalue weighted by Crippen LogP contribution is -2.36. The van der Waals surface area contributed by atoms with E-state index in [1.165, 1.54) is 25.3 Å². The Kier molecular flexibility index (Phi) is 9.13. The fourth-order valence-corrected chi connectivity index (χ4v) is 5.75. The first-order valence-electron chi connectivity index (χ1n) is 10.3. The smallest absolute Gasteiger partial charge is 0.257 e. The number of ether oxygens (including phenoxy) is 1. The summed E-state index contributed by atoms with van der Waals surface area (Å²) in [4.78, 5) is 14.8. The van der Waals surface area contributed by atoms with Crippen molar-refractivity contribution >= 4 is 50.9 Å². The van der Waals surface area contributed by atoms with E-state index in [1.54, 1.807) is 28.8 Å². The Bertz CT molecular complexity index is 1060. The lowest BCUT2D eigenvalue weighted by atomic mass is 10.1. The van der Waals surface area contributed by atoms with Crippen molar-refractivity contribution in [2.75, 3.05) is 32.5 Å². The van der Waals surface area contributed by atoms with Gasteiger partial charge in [-0.3, -0.25) is 4.79 Å². The van der Waals surface area contributed by atoms with Crippen LogP contribution in [0, 0.1) is 0 Å². The number of carbonyl (C=O) groups is 1. The third-order valence-corrected chi connectivity index (χ3v) is 8.37. The average Bonchev–Trinajstić information content (AvgIpc) is 2.80. The maximum absolute atomic E-state index is 12.9. The molecule has 0 aromatic heterocycles. The Balaban J connectivity index is 1.60. The largest absolute Gasteiger partial charge is 0.496 e. The zero-order valence-electron chi connectivity index (χ0n) is 17.8. The average molecular weight is 518 g/mol. The second-order valence-corrected chi connectivity index (χ2v) is 11.1. The molecule has 1 amide bonds. The first kappa shape index (κ1) is 25.2. The summed E-state index contributed by atoms with van der Waals surface area (Å²) in [5.74, 6) is 1.44. The van der Waals surface area contributed by atoms with Crippen molar-refractivity contribution in [3.8, 4) is 5.75 Å². The van der Waals surface area contributed by atoms with Gasteiger partial charge in [-0.15, -0.1) is 0 Å². The number of thioether (sulfide) groups is 1. The van der Waals surface area contributed by atoms with Gasteiger partial charge >= 0.3 is 0 Å². The number of hydrogen-bond acceptors (Lipinski definition) is 5. The third kappa shape index (κ3) is 6.54. The highest BCUT2D eigenvalue weighted by Crippen LogP contribution is 2.26. The number of benzene rings is 2. The van der Waals surface area contributed by atoms with Crippen molar-refractivity contribution < 1.29 is 17.9 Å². The number of likely N-dealkylation sites (tertiary alicyclic amines) is 1. The molecule has 3 rings (SSSR count). The summed E-state index contributed by atoms with van der Waals surface area (Å²) in [6.07, 6.45) is 3.00. The number of halogens is 2. The normalized spacial score (nSPS) is 14.4. The van der Waals surface area contributed by atoms with Crippen LogP contribution in [0.4, 0.5) is 0 Å². The Labute approximate surface area is 203 Å². The molecule has 1 fully saturated rings. The van der Waals surface area contributed by atoms with Crippen LogP contribution in [0.25, 0.3) is 0 Å². The summed E-state index contributed by atoms with van der Waals surface area (Å²) in [6.45, 7) is 1.61. The minimum absolute atomic E-state index is 0.0492. The minimum atomic E-state index is -3.76. The number of piperidine rings is 1. The summed E-state index contributed by atoms with van der Waals surface area (Å²) in [6, 6.07) is 9.83. The molecule has 6 nitrogen and oxygen atoms in total. The maximum Gasteiger partial charge on any atom is 0.257 e. The summed E-state index contributed by atoms with van der Waals surface area (Å²) >= 11 is 13.5. The molecule has 0 atom stereocenters. The molecule has 1 aliphatic heterocycles. The van der Waals surface area contributed by atoms with E-state index in [2.05, 4.69) is 4.72 Å². The van der Waals surface area contributed by atoms with Crippen molar-refractivity contribution in [2.45, 2.75) is 29.9 Å². The van der Waals surface area contributed by atoms with Gasteiger partial charge in [-0.2, -0.15) is 11.8 Å². The summed E-state index contributed by atoms with van der Waals surface area (Å²) in [5, 5.41) is 1.01. The molecule has 10 heteroatoms. The molecule has 0 unspecified atom stereocenters. The molecular formula is C22H26Cl2N2O4S2. The zero-order valence-corrected chi connectivity index (χ0v) is 20.9. The van der Waals surface area contributed by atoms with E-state index in [1.807, 2.05) is 6.07 Å². The van der Waals surface area contributed by atoms with E-state index in [0.717, 1.165) is 24.8 Å². The van der Waals surface area contributed by atoms with E-state index in [-0.39, 0.29) is 22.9 Å². The van der Waals surface area contributed by atoms with Gasteiger partial charge in [-0.25, -0.2) is 13.1 Å². The molecule has 1 aliphatic rings. The molecule has 0 bridgehead atoms. The van der Waals surface area contributed by atoms with Gasteiger partial charge in [0.15, 0.2) is 0 Å². The predicted molar refractivity (Wildman–Crippen MR) is 131 cm³/mol. The Morgan fingerprint density at radius 3 is 2.53 bits per heavy atom. The second-order valence-electron chi connectivity index (χ2n) is 7.41. The van der Waals surface area contributed by atoms with E-state index < -0.39 is 10.0 Å². The molecule has 1 N–H and O–H groups in total. The maximum atomic E-state index is 12.9. The third-order valence-electron chi connectivity index (χ3n) is 5.15. The molecule has 32 heavy (non-hydrogen) atoms. The number of carbonyl (C=O) groups excluding carboxylic acids is 1. The molecule has 2 aromatic carbocycles. The van der Waals surface area contributed by atoms with Gasteiger partial charge in [-0.1, -0.05) is 29.3 Å². The molecule has 0 aliphatic carbocycles. The van der Waals surface area contributed by atoms with Gasteiger partial charge in [0, 0.05) is 31.1 Å². The predicted octanol–water partition coefficient (Wildman–Crippen LogP) is 4.84. The van der Waals surface area contributed by atoms with E-state index in [0.29, 0.717) is 40.4 Å². The summed E-state index contributed by atoms with van der Waals surface area (Å²) in [7, 11) is -2.29. The van der Waals surface area contributed by atoms with Crippen LogP contribution >= 0.6 is 35.0 Å². The number of methoxy groups -OCH3 is 1. The number of nitrogens with one attached hydrogen (secondary N) is 1. The van der Waals surface area contributed by atoms with E-state index >= 15 is 0 Å². The summed E-state index contributed by atoms with van der Waals surface area (Å²) < 4.78 is 33.5. The van der Waals surface area contributed by atoms with Crippen LogP contribution in [0.5, 0.6) is 5.75 Å². The quantitative estimate of drug-likeness (QED) is 0.482. The first-order valence-corrected chi connectivity index (χ1v) is 13.7. The summed E-state index contributed by atoms with van der Waals surface area (Å²) in [5.41, 5.74) is 1.29. The highest BCUT2D eigenvalue weighted by molar-refractivity contribution is 7.98. The number of nitrogens with zero attached hydrogens (tertiary/aromatic N) is 1. The van der Waals surface area contributed by atoms with Crippen molar-refractivity contribution in [3.05, 3.63) is 57.6 Å². The van der Waals surface area contributed by atoms with Crippen molar-refractivity contribution in [3.63, 3.8) is 0 Å². The van der Waals surface area contributed by atoms with Gasteiger partial charge in [0.05, 0.1) is 27.6 Å². The molecule has 0 saturated carbocycles. The number of hydrogen-bond donors (Lipinski definition) is 1. The monoisotopic (exact) mass is 516 g/mol. The lowest BCUT2D eigenvalue weighted by molar-refractivity contribution is 0.0720. The number of sulfonamides is 1. The Morgan fingerprint density at radius 2 is 1.84 bits per heavy atom. The van der Waals surface area contributed by atoms with E-state index in [4.69, 9.17) is 27.9 Å². The van der Waals surface area contributed by atoms with Crippen LogP contribution in [-0.2, 0) is 15.8 Å². The molecule has 0 spiro atoms. The van der Waals surface area contributed by atoms with Gasteiger partial charge in [0.1, 0.15) is 5.75 Å². The van der Waals surface area contributed by atoms with Crippen molar-refractivity contribution in [1.29, 1.82) is 0 Å². The number of amides is 1. The van der Waals surface area contributed by atoms with Crippen LogP contribution in [0.1, 0.15) is 35.2 Å². The molecule has 0 radical (unpaired) electrons. The van der Waals surface area contributed by atoms with Crippen LogP contribution < -0.4 is 9.46 Å². The van der Waals surface area contributed by atoms with Crippen LogP contribution in [0.2, 0.25) is 10.0 Å². The van der Waals surface area contributed by atoms with Crippen molar-refractivity contribution in [2.24, 2.45) is 0 Å². The fourth-order valence-electron chi connectivity index (χ4n) is 3.44. The standard InChI is InChI=1S/C22H26Cl2N2O4S2/c1-30-21-8-6-17(14-18(21)22(27)26-10-3-2-4-11-26)32(28,29)25-9-12-31-15-16-5-7-19(23)20(24)13-16/h5-8,13-14,25H,2-4,9-12,15H2,1H3. The number of rotatable bonds is 9. The first-order chi connectivity index (χ1) is 15.3. The van der Waals surface area contributed by atoms with Gasteiger partial charge in [0.2, 0.25) is 10.0 Å². The fraction of sp³-hybridized carbons (Fsp3) is 0.409. The molecule has 174 valence electrons. The van der Waals surface area contributed by atoms with E-state index in [9.17, 15) is 13.2 Å².